The molecule has 2 heterocycles. The van der Waals surface area contributed by atoms with Gasteiger partial charge in [-0.15, -0.1) is 0 Å². The first-order valence-electron chi connectivity index (χ1n) is 9.05. The summed E-state index contributed by atoms with van der Waals surface area (Å²) in [6.07, 6.45) is 3.87. The average Bonchev–Trinajstić information content (AvgIpc) is 3.04. The highest BCUT2D eigenvalue weighted by Crippen LogP contribution is 2.32. The third kappa shape index (κ3) is 3.72. The van der Waals surface area contributed by atoms with Crippen LogP contribution in [0.4, 0.5) is 5.13 Å². The Balaban J connectivity index is 1.63. The number of aryl methyl sites for hydroxylation is 1. The fourth-order valence-corrected chi connectivity index (χ4v) is 4.19. The molecule has 24 heavy (non-hydrogen) atoms. The molecule has 1 unspecified atom stereocenters. The zero-order chi connectivity index (χ0) is 17.1. The number of thiazole rings is 1. The Labute approximate surface area is 148 Å². The number of amides is 1. The molecular formula is C19H27N3OS. The van der Waals surface area contributed by atoms with Crippen LogP contribution in [0, 0.1) is 5.92 Å². The monoisotopic (exact) mass is 345 g/mol. The number of carbonyl (C=O) groups excluding carboxylic acids is 1. The van der Waals surface area contributed by atoms with Gasteiger partial charge < -0.3 is 10.2 Å². The topological polar surface area (TPSA) is 45.2 Å². The second-order valence-corrected chi connectivity index (χ2v) is 7.74. The number of nitrogens with zero attached hydrogens (tertiary/aromatic N) is 2. The smallest absolute Gasteiger partial charge is 0.223 e. The van der Waals surface area contributed by atoms with Gasteiger partial charge in [0.15, 0.2) is 5.13 Å². The molecule has 1 atom stereocenters. The lowest BCUT2D eigenvalue weighted by molar-refractivity contribution is -0.126. The molecule has 0 aliphatic carbocycles. The van der Waals surface area contributed by atoms with Gasteiger partial charge in [-0.05, 0) is 50.3 Å². The molecule has 1 N–H and O–H groups in total. The van der Waals surface area contributed by atoms with Crippen molar-refractivity contribution in [3.63, 3.8) is 0 Å². The molecule has 1 fully saturated rings. The lowest BCUT2D eigenvalue weighted by Crippen LogP contribution is -2.43. The van der Waals surface area contributed by atoms with Gasteiger partial charge in [0.05, 0.1) is 10.2 Å². The minimum absolute atomic E-state index is 0.149. The first-order chi connectivity index (χ1) is 11.6. The van der Waals surface area contributed by atoms with Crippen LogP contribution in [-0.4, -0.2) is 30.0 Å². The van der Waals surface area contributed by atoms with Crippen LogP contribution in [0.3, 0.4) is 0 Å². The van der Waals surface area contributed by atoms with Crippen LogP contribution < -0.4 is 10.2 Å². The molecule has 1 aromatic carbocycles. The summed E-state index contributed by atoms with van der Waals surface area (Å²) in [7, 11) is 0. The molecule has 5 heteroatoms. The standard InChI is InChI=1S/C19H27N3OS/c1-4-13(3)20-18(23)15-8-10-22(11-9-15)19-21-16-7-6-14(5-2)12-17(16)24-19/h6-7,12-13,15H,4-5,8-11H2,1-3H3,(H,20,23). The van der Waals surface area contributed by atoms with E-state index in [1.165, 1.54) is 10.3 Å². The highest BCUT2D eigenvalue weighted by atomic mass is 32.1. The number of carbonyl (C=O) groups is 1. The highest BCUT2D eigenvalue weighted by Gasteiger charge is 2.26. The zero-order valence-electron chi connectivity index (χ0n) is 14.8. The summed E-state index contributed by atoms with van der Waals surface area (Å²) in [5.41, 5.74) is 2.45. The quantitative estimate of drug-likeness (QED) is 0.891. The van der Waals surface area contributed by atoms with Crippen LogP contribution in [0.5, 0.6) is 0 Å². The number of nitrogens with one attached hydrogen (secondary N) is 1. The van der Waals surface area contributed by atoms with Crippen molar-refractivity contribution in [2.75, 3.05) is 18.0 Å². The first kappa shape index (κ1) is 17.2. The fourth-order valence-electron chi connectivity index (χ4n) is 3.11. The van der Waals surface area contributed by atoms with Gasteiger partial charge >= 0.3 is 0 Å². The lowest BCUT2D eigenvalue weighted by Gasteiger charge is -2.31. The summed E-state index contributed by atoms with van der Waals surface area (Å²) >= 11 is 1.77. The number of piperidine rings is 1. The average molecular weight is 346 g/mol. The number of fused-ring (bicyclic) bond motifs is 1. The summed E-state index contributed by atoms with van der Waals surface area (Å²) in [5.74, 6) is 0.372. The Morgan fingerprint density at radius 3 is 2.79 bits per heavy atom. The Morgan fingerprint density at radius 1 is 1.38 bits per heavy atom. The van der Waals surface area contributed by atoms with Crippen molar-refractivity contribution >= 4 is 32.6 Å². The molecule has 1 aliphatic heterocycles. The molecule has 0 saturated carbocycles. The van der Waals surface area contributed by atoms with Crippen LogP contribution in [-0.2, 0) is 11.2 Å². The number of aromatic nitrogens is 1. The fraction of sp³-hybridized carbons (Fsp3) is 0.579. The van der Waals surface area contributed by atoms with E-state index in [2.05, 4.69) is 49.2 Å². The molecule has 2 aromatic rings. The second kappa shape index (κ2) is 7.51. The van der Waals surface area contributed by atoms with E-state index in [4.69, 9.17) is 4.98 Å². The van der Waals surface area contributed by atoms with Crippen LogP contribution in [0.25, 0.3) is 10.2 Å². The maximum Gasteiger partial charge on any atom is 0.223 e. The number of benzene rings is 1. The van der Waals surface area contributed by atoms with Gasteiger partial charge in [0.25, 0.3) is 0 Å². The molecule has 1 aromatic heterocycles. The Hall–Kier alpha value is -1.62. The van der Waals surface area contributed by atoms with E-state index in [1.54, 1.807) is 11.3 Å². The third-order valence-corrected chi connectivity index (χ3v) is 6.07. The van der Waals surface area contributed by atoms with Gasteiger partial charge in [-0.2, -0.15) is 0 Å². The molecule has 1 saturated heterocycles. The van der Waals surface area contributed by atoms with Crippen molar-refractivity contribution in [2.45, 2.75) is 52.5 Å². The summed E-state index contributed by atoms with van der Waals surface area (Å²) in [6, 6.07) is 6.81. The normalized spacial score (nSPS) is 17.2. The van der Waals surface area contributed by atoms with Gasteiger partial charge in [0.2, 0.25) is 5.91 Å². The van der Waals surface area contributed by atoms with E-state index in [0.29, 0.717) is 0 Å². The molecular weight excluding hydrogens is 318 g/mol. The van der Waals surface area contributed by atoms with Crippen molar-refractivity contribution < 1.29 is 4.79 Å². The molecule has 0 spiro atoms. The Morgan fingerprint density at radius 2 is 2.12 bits per heavy atom. The number of rotatable bonds is 5. The summed E-state index contributed by atoms with van der Waals surface area (Å²) in [6.45, 7) is 8.18. The van der Waals surface area contributed by atoms with Crippen molar-refractivity contribution in [2.24, 2.45) is 5.92 Å². The van der Waals surface area contributed by atoms with Crippen LogP contribution in [0.1, 0.15) is 45.6 Å². The summed E-state index contributed by atoms with van der Waals surface area (Å²) in [4.78, 5) is 19.4. The third-order valence-electron chi connectivity index (χ3n) is 4.99. The van der Waals surface area contributed by atoms with E-state index in [1.807, 2.05) is 0 Å². The van der Waals surface area contributed by atoms with Gasteiger partial charge in [0.1, 0.15) is 0 Å². The van der Waals surface area contributed by atoms with E-state index in [9.17, 15) is 4.79 Å². The van der Waals surface area contributed by atoms with Gasteiger partial charge in [-0.25, -0.2) is 4.98 Å². The number of hydrogen-bond acceptors (Lipinski definition) is 4. The first-order valence-corrected chi connectivity index (χ1v) is 9.87. The summed E-state index contributed by atoms with van der Waals surface area (Å²) < 4.78 is 1.26. The maximum atomic E-state index is 12.3. The van der Waals surface area contributed by atoms with Gasteiger partial charge in [0, 0.05) is 25.0 Å². The van der Waals surface area contributed by atoms with Gasteiger partial charge in [-0.3, -0.25) is 4.79 Å². The Bertz CT molecular complexity index is 704. The van der Waals surface area contributed by atoms with Crippen LogP contribution in [0.15, 0.2) is 18.2 Å². The maximum absolute atomic E-state index is 12.3. The summed E-state index contributed by atoms with van der Waals surface area (Å²) in [5, 5.41) is 4.21. The van der Waals surface area contributed by atoms with E-state index in [-0.39, 0.29) is 17.9 Å². The highest BCUT2D eigenvalue weighted by molar-refractivity contribution is 7.22. The minimum atomic E-state index is 0.149. The van der Waals surface area contributed by atoms with Crippen LogP contribution >= 0.6 is 11.3 Å². The molecule has 3 rings (SSSR count). The molecule has 1 aliphatic rings. The van der Waals surface area contributed by atoms with E-state index >= 15 is 0 Å². The molecule has 4 nitrogen and oxygen atoms in total. The van der Waals surface area contributed by atoms with Crippen LogP contribution in [0.2, 0.25) is 0 Å². The number of hydrogen-bond donors (Lipinski definition) is 1. The lowest BCUT2D eigenvalue weighted by atomic mass is 9.96. The van der Waals surface area contributed by atoms with Crippen molar-refractivity contribution in [1.82, 2.24) is 10.3 Å². The largest absolute Gasteiger partial charge is 0.353 e. The molecule has 0 bridgehead atoms. The Kier molecular flexibility index (Phi) is 5.39. The van der Waals surface area contributed by atoms with E-state index in [0.717, 1.165) is 49.4 Å². The zero-order valence-corrected chi connectivity index (χ0v) is 15.7. The molecule has 1 amide bonds. The van der Waals surface area contributed by atoms with Crippen molar-refractivity contribution in [3.05, 3.63) is 23.8 Å². The molecule has 0 radical (unpaired) electrons. The minimum Gasteiger partial charge on any atom is -0.353 e. The predicted molar refractivity (Wildman–Crippen MR) is 102 cm³/mol. The number of anilines is 1. The molecule has 130 valence electrons. The van der Waals surface area contributed by atoms with Gasteiger partial charge in [-0.1, -0.05) is 31.3 Å². The van der Waals surface area contributed by atoms with Crippen molar-refractivity contribution in [1.29, 1.82) is 0 Å². The van der Waals surface area contributed by atoms with E-state index < -0.39 is 0 Å². The predicted octanol–water partition coefficient (Wildman–Crippen LogP) is 3.99. The van der Waals surface area contributed by atoms with Crippen molar-refractivity contribution in [3.8, 4) is 0 Å². The SMILES string of the molecule is CCc1ccc2nc(N3CCC(C(=O)NC(C)CC)CC3)sc2c1. The second-order valence-electron chi connectivity index (χ2n) is 6.73.